The maximum absolute atomic E-state index is 12.1. The third-order valence-corrected chi connectivity index (χ3v) is 4.62. The molecule has 0 atom stereocenters. The molecule has 3 rings (SSSR count). The van der Waals surface area contributed by atoms with Crippen molar-refractivity contribution in [1.29, 1.82) is 0 Å². The molecule has 1 aliphatic rings. The molecule has 1 aromatic heterocycles. The Bertz CT molecular complexity index is 700. The van der Waals surface area contributed by atoms with Gasteiger partial charge in [0.15, 0.2) is 0 Å². The van der Waals surface area contributed by atoms with Crippen LogP contribution >= 0.6 is 23.2 Å². The Balaban J connectivity index is 1.66. The Labute approximate surface area is 144 Å². The molecule has 0 saturated heterocycles. The number of hydrogen-bond acceptors (Lipinski definition) is 4. The summed E-state index contributed by atoms with van der Waals surface area (Å²) < 4.78 is 0. The molecular weight excluding hydrogens is 335 g/mol. The van der Waals surface area contributed by atoms with Gasteiger partial charge in [0, 0.05) is 18.4 Å². The lowest BCUT2D eigenvalue weighted by Gasteiger charge is -2.12. The fourth-order valence-electron chi connectivity index (χ4n) is 2.57. The standard InChI is InChI=1S/C16H16Cl2N4O/c17-12-6-3-7-13(14(12)18)22-16-19-8-10(9-20-16)15(23)21-11-4-1-2-5-11/h3,6-9,11H,1-2,4-5H2,(H,21,23)(H,19,20,22). The minimum Gasteiger partial charge on any atom is -0.349 e. The molecule has 0 radical (unpaired) electrons. The van der Waals surface area contributed by atoms with Crippen LogP contribution in [0.1, 0.15) is 36.0 Å². The minimum absolute atomic E-state index is 0.135. The molecular formula is C16H16Cl2N4O. The maximum Gasteiger partial charge on any atom is 0.254 e. The topological polar surface area (TPSA) is 66.9 Å². The summed E-state index contributed by atoms with van der Waals surface area (Å²) in [6.45, 7) is 0. The Morgan fingerprint density at radius 3 is 2.52 bits per heavy atom. The molecule has 0 spiro atoms. The van der Waals surface area contributed by atoms with Crippen molar-refractivity contribution in [2.75, 3.05) is 5.32 Å². The Morgan fingerprint density at radius 1 is 1.13 bits per heavy atom. The van der Waals surface area contributed by atoms with Gasteiger partial charge in [-0.3, -0.25) is 4.79 Å². The molecule has 0 aliphatic heterocycles. The lowest BCUT2D eigenvalue weighted by atomic mass is 10.2. The van der Waals surface area contributed by atoms with Crippen LogP contribution < -0.4 is 10.6 Å². The molecule has 1 amide bonds. The number of aromatic nitrogens is 2. The normalized spacial score (nSPS) is 14.7. The van der Waals surface area contributed by atoms with Crippen LogP contribution in [-0.4, -0.2) is 21.9 Å². The van der Waals surface area contributed by atoms with Gasteiger partial charge in [0.2, 0.25) is 5.95 Å². The van der Waals surface area contributed by atoms with E-state index in [1.54, 1.807) is 18.2 Å². The van der Waals surface area contributed by atoms with Crippen LogP contribution in [0.5, 0.6) is 0 Å². The van der Waals surface area contributed by atoms with Crippen LogP contribution in [0, 0.1) is 0 Å². The second kappa shape index (κ2) is 7.15. The smallest absolute Gasteiger partial charge is 0.254 e. The summed E-state index contributed by atoms with van der Waals surface area (Å²) in [6.07, 6.45) is 7.42. The lowest BCUT2D eigenvalue weighted by Crippen LogP contribution is -2.32. The molecule has 120 valence electrons. The largest absolute Gasteiger partial charge is 0.349 e. The average Bonchev–Trinajstić information content (AvgIpc) is 3.05. The van der Waals surface area contributed by atoms with E-state index in [0.29, 0.717) is 27.2 Å². The highest BCUT2D eigenvalue weighted by molar-refractivity contribution is 6.43. The van der Waals surface area contributed by atoms with Crippen molar-refractivity contribution in [3.8, 4) is 0 Å². The third kappa shape index (κ3) is 3.92. The first-order chi connectivity index (χ1) is 11.1. The van der Waals surface area contributed by atoms with Gasteiger partial charge >= 0.3 is 0 Å². The highest BCUT2D eigenvalue weighted by Gasteiger charge is 2.18. The number of halogens is 2. The number of amides is 1. The number of carbonyl (C=O) groups is 1. The predicted octanol–water partition coefficient (Wildman–Crippen LogP) is 4.20. The second-order valence-electron chi connectivity index (χ2n) is 5.48. The molecule has 2 aromatic rings. The van der Waals surface area contributed by atoms with Gasteiger partial charge in [0.25, 0.3) is 5.91 Å². The average molecular weight is 351 g/mol. The van der Waals surface area contributed by atoms with E-state index >= 15 is 0 Å². The van der Waals surface area contributed by atoms with E-state index in [2.05, 4.69) is 20.6 Å². The van der Waals surface area contributed by atoms with Crippen LogP contribution in [-0.2, 0) is 0 Å². The minimum atomic E-state index is -0.135. The number of carbonyl (C=O) groups excluding carboxylic acids is 1. The summed E-state index contributed by atoms with van der Waals surface area (Å²) in [6, 6.07) is 5.52. The van der Waals surface area contributed by atoms with Gasteiger partial charge in [0.1, 0.15) is 0 Å². The molecule has 7 heteroatoms. The van der Waals surface area contributed by atoms with Crippen molar-refractivity contribution in [3.63, 3.8) is 0 Å². The zero-order valence-corrected chi connectivity index (χ0v) is 13.9. The zero-order chi connectivity index (χ0) is 16.2. The molecule has 1 aliphatic carbocycles. The van der Waals surface area contributed by atoms with Gasteiger partial charge in [-0.05, 0) is 25.0 Å². The molecule has 1 aromatic carbocycles. The van der Waals surface area contributed by atoms with E-state index in [0.717, 1.165) is 12.8 Å². The van der Waals surface area contributed by atoms with Crippen molar-refractivity contribution in [2.24, 2.45) is 0 Å². The van der Waals surface area contributed by atoms with Crippen molar-refractivity contribution < 1.29 is 4.79 Å². The van der Waals surface area contributed by atoms with Crippen molar-refractivity contribution in [3.05, 3.63) is 46.2 Å². The van der Waals surface area contributed by atoms with Gasteiger partial charge in [-0.15, -0.1) is 0 Å². The van der Waals surface area contributed by atoms with Gasteiger partial charge in [-0.1, -0.05) is 42.1 Å². The number of anilines is 2. The van der Waals surface area contributed by atoms with Crippen LogP contribution in [0.2, 0.25) is 10.0 Å². The SMILES string of the molecule is O=C(NC1CCCC1)c1cnc(Nc2cccc(Cl)c2Cl)nc1. The quantitative estimate of drug-likeness (QED) is 0.866. The van der Waals surface area contributed by atoms with Gasteiger partial charge in [-0.25, -0.2) is 9.97 Å². The number of benzene rings is 1. The van der Waals surface area contributed by atoms with Crippen LogP contribution in [0.3, 0.4) is 0 Å². The Kier molecular flexibility index (Phi) is 4.98. The fourth-order valence-corrected chi connectivity index (χ4v) is 2.92. The third-order valence-electron chi connectivity index (χ3n) is 3.80. The molecule has 0 bridgehead atoms. The summed E-state index contributed by atoms with van der Waals surface area (Å²) in [4.78, 5) is 20.4. The summed E-state index contributed by atoms with van der Waals surface area (Å²) in [5, 5.41) is 6.84. The summed E-state index contributed by atoms with van der Waals surface area (Å²) >= 11 is 12.1. The number of hydrogen-bond donors (Lipinski definition) is 2. The second-order valence-corrected chi connectivity index (χ2v) is 6.26. The Morgan fingerprint density at radius 2 is 1.83 bits per heavy atom. The first kappa shape index (κ1) is 16.0. The molecule has 1 fully saturated rings. The molecule has 5 nitrogen and oxygen atoms in total. The highest BCUT2D eigenvalue weighted by Crippen LogP contribution is 2.30. The zero-order valence-electron chi connectivity index (χ0n) is 12.4. The van der Waals surface area contributed by atoms with Crippen molar-refractivity contribution >= 4 is 40.7 Å². The fraction of sp³-hybridized carbons (Fsp3) is 0.312. The molecule has 0 unspecified atom stereocenters. The first-order valence-corrected chi connectivity index (χ1v) is 8.23. The van der Waals surface area contributed by atoms with Gasteiger partial charge in [0.05, 0.1) is 21.3 Å². The van der Waals surface area contributed by atoms with Crippen LogP contribution in [0.25, 0.3) is 0 Å². The van der Waals surface area contributed by atoms with E-state index in [1.165, 1.54) is 25.2 Å². The van der Waals surface area contributed by atoms with E-state index in [-0.39, 0.29) is 11.9 Å². The number of rotatable bonds is 4. The van der Waals surface area contributed by atoms with Crippen LogP contribution in [0.4, 0.5) is 11.6 Å². The molecule has 2 N–H and O–H groups in total. The first-order valence-electron chi connectivity index (χ1n) is 7.47. The van der Waals surface area contributed by atoms with E-state index in [1.807, 2.05) is 0 Å². The number of nitrogens with one attached hydrogen (secondary N) is 2. The summed E-state index contributed by atoms with van der Waals surface area (Å²) in [5.74, 6) is 0.218. The molecule has 23 heavy (non-hydrogen) atoms. The van der Waals surface area contributed by atoms with Crippen molar-refractivity contribution in [2.45, 2.75) is 31.7 Å². The van der Waals surface area contributed by atoms with E-state index in [9.17, 15) is 4.79 Å². The number of nitrogens with zero attached hydrogens (tertiary/aromatic N) is 2. The monoisotopic (exact) mass is 350 g/mol. The maximum atomic E-state index is 12.1. The Hall–Kier alpha value is -1.85. The summed E-state index contributed by atoms with van der Waals surface area (Å²) in [7, 11) is 0. The van der Waals surface area contributed by atoms with E-state index < -0.39 is 0 Å². The molecule has 1 heterocycles. The molecule has 1 saturated carbocycles. The van der Waals surface area contributed by atoms with E-state index in [4.69, 9.17) is 23.2 Å². The van der Waals surface area contributed by atoms with Crippen LogP contribution in [0.15, 0.2) is 30.6 Å². The van der Waals surface area contributed by atoms with Gasteiger partial charge < -0.3 is 10.6 Å². The van der Waals surface area contributed by atoms with Crippen molar-refractivity contribution in [1.82, 2.24) is 15.3 Å². The summed E-state index contributed by atoms with van der Waals surface area (Å²) in [5.41, 5.74) is 1.06. The highest BCUT2D eigenvalue weighted by atomic mass is 35.5. The van der Waals surface area contributed by atoms with Gasteiger partial charge in [-0.2, -0.15) is 0 Å². The lowest BCUT2D eigenvalue weighted by molar-refractivity contribution is 0.0937. The predicted molar refractivity (Wildman–Crippen MR) is 91.5 cm³/mol.